The predicted molar refractivity (Wildman–Crippen MR) is 129 cm³/mol. The number of anilines is 1. The third kappa shape index (κ3) is 5.53. The molecule has 2 aromatic carbocycles. The molecular weight excluding hydrogens is 418 g/mol. The zero-order valence-electron chi connectivity index (χ0n) is 17.7. The molecule has 2 aromatic heterocycles. The molecule has 0 fully saturated rings. The maximum atomic E-state index is 12.9. The quantitative estimate of drug-likeness (QED) is 0.403. The molecule has 0 spiro atoms. The Kier molecular flexibility index (Phi) is 6.82. The number of aryl methyl sites for hydroxylation is 1. The van der Waals surface area contributed by atoms with Crippen LogP contribution in [0.5, 0.6) is 0 Å². The van der Waals surface area contributed by atoms with E-state index in [0.29, 0.717) is 12.2 Å². The Hall–Kier alpha value is -3.64. The number of hydrogen-bond acceptors (Lipinski definition) is 4. The molecule has 1 N–H and O–H groups in total. The van der Waals surface area contributed by atoms with Gasteiger partial charge in [0.1, 0.15) is 5.56 Å². The molecule has 32 heavy (non-hydrogen) atoms. The smallest absolute Gasteiger partial charge is 0.263 e. The van der Waals surface area contributed by atoms with Gasteiger partial charge in [0.25, 0.3) is 11.5 Å². The van der Waals surface area contributed by atoms with E-state index in [0.717, 1.165) is 27.5 Å². The van der Waals surface area contributed by atoms with Crippen molar-refractivity contribution < 1.29 is 4.79 Å². The molecule has 0 unspecified atom stereocenters. The van der Waals surface area contributed by atoms with E-state index in [2.05, 4.69) is 10.3 Å². The van der Waals surface area contributed by atoms with E-state index in [1.165, 1.54) is 0 Å². The molecule has 0 atom stereocenters. The second-order valence-corrected chi connectivity index (χ2v) is 8.45. The summed E-state index contributed by atoms with van der Waals surface area (Å²) in [5.74, 6) is 0.318. The summed E-state index contributed by atoms with van der Waals surface area (Å²) in [6, 6.07) is 24.7. The molecule has 0 bridgehead atoms. The number of carbonyl (C=O) groups excluding carboxylic acids is 1. The van der Waals surface area contributed by atoms with Gasteiger partial charge in [-0.05, 0) is 54.4 Å². The number of nitrogens with zero attached hydrogens (tertiary/aromatic N) is 2. The van der Waals surface area contributed by atoms with Crippen LogP contribution in [0.1, 0.15) is 27.0 Å². The SMILES string of the molecule is Cc1cccc(Cn2cccc(C(=O)Nc3cccc(CSc4ccccn4)c3)c2=O)c1. The number of thioether (sulfide) groups is 1. The third-order valence-corrected chi connectivity index (χ3v) is 5.92. The minimum absolute atomic E-state index is 0.119. The second kappa shape index (κ2) is 10.1. The summed E-state index contributed by atoms with van der Waals surface area (Å²) >= 11 is 1.63. The van der Waals surface area contributed by atoms with Gasteiger partial charge in [-0.3, -0.25) is 9.59 Å². The summed E-state index contributed by atoms with van der Waals surface area (Å²) in [4.78, 5) is 30.1. The minimum atomic E-state index is -0.414. The van der Waals surface area contributed by atoms with E-state index in [9.17, 15) is 9.59 Å². The molecule has 0 aliphatic carbocycles. The number of aromatic nitrogens is 2. The standard InChI is InChI=1S/C26H23N3O2S/c1-19-7-4-8-20(15-19)17-29-14-6-11-23(26(29)31)25(30)28-22-10-5-9-21(16-22)18-32-24-12-2-3-13-27-24/h2-16H,17-18H2,1H3,(H,28,30). The van der Waals surface area contributed by atoms with Crippen LogP contribution in [-0.4, -0.2) is 15.5 Å². The lowest BCUT2D eigenvalue weighted by molar-refractivity contribution is 0.102. The van der Waals surface area contributed by atoms with Crippen molar-refractivity contribution in [3.63, 3.8) is 0 Å². The Morgan fingerprint density at radius 3 is 2.62 bits per heavy atom. The van der Waals surface area contributed by atoms with E-state index in [4.69, 9.17) is 0 Å². The van der Waals surface area contributed by atoms with E-state index in [1.807, 2.05) is 73.7 Å². The molecule has 2 heterocycles. The number of carbonyl (C=O) groups is 1. The summed E-state index contributed by atoms with van der Waals surface area (Å²) in [7, 11) is 0. The van der Waals surface area contributed by atoms with Crippen molar-refractivity contribution in [1.82, 2.24) is 9.55 Å². The first-order valence-corrected chi connectivity index (χ1v) is 11.3. The highest BCUT2D eigenvalue weighted by Crippen LogP contribution is 2.22. The summed E-state index contributed by atoms with van der Waals surface area (Å²) in [6.07, 6.45) is 3.47. The molecule has 5 nitrogen and oxygen atoms in total. The van der Waals surface area contributed by atoms with Crippen molar-refractivity contribution >= 4 is 23.4 Å². The molecule has 0 radical (unpaired) electrons. The molecule has 6 heteroatoms. The highest BCUT2D eigenvalue weighted by atomic mass is 32.2. The zero-order chi connectivity index (χ0) is 22.3. The second-order valence-electron chi connectivity index (χ2n) is 7.46. The molecule has 0 aliphatic rings. The van der Waals surface area contributed by atoms with Gasteiger partial charge in [-0.2, -0.15) is 0 Å². The van der Waals surface area contributed by atoms with Crippen LogP contribution >= 0.6 is 11.8 Å². The van der Waals surface area contributed by atoms with E-state index in [-0.39, 0.29) is 11.1 Å². The molecule has 1 amide bonds. The van der Waals surface area contributed by atoms with Gasteiger partial charge < -0.3 is 9.88 Å². The Morgan fingerprint density at radius 1 is 0.969 bits per heavy atom. The molecule has 0 aliphatic heterocycles. The first-order valence-electron chi connectivity index (χ1n) is 10.3. The Balaban J connectivity index is 1.46. The average Bonchev–Trinajstić information content (AvgIpc) is 2.80. The van der Waals surface area contributed by atoms with E-state index >= 15 is 0 Å². The third-order valence-electron chi connectivity index (χ3n) is 4.91. The largest absolute Gasteiger partial charge is 0.322 e. The van der Waals surface area contributed by atoms with Crippen LogP contribution in [0.25, 0.3) is 0 Å². The number of rotatable bonds is 7. The van der Waals surface area contributed by atoms with Crippen LogP contribution in [0.15, 0.2) is 101 Å². The van der Waals surface area contributed by atoms with Gasteiger partial charge in [0.2, 0.25) is 0 Å². The van der Waals surface area contributed by atoms with Gasteiger partial charge in [0, 0.05) is 23.8 Å². The van der Waals surface area contributed by atoms with Crippen LogP contribution in [0, 0.1) is 6.92 Å². The first kappa shape index (κ1) is 21.6. The van der Waals surface area contributed by atoms with Crippen LogP contribution in [0.3, 0.4) is 0 Å². The summed E-state index contributed by atoms with van der Waals surface area (Å²) in [5, 5.41) is 3.81. The van der Waals surface area contributed by atoms with Crippen molar-refractivity contribution in [2.75, 3.05) is 5.32 Å². The van der Waals surface area contributed by atoms with Crippen LogP contribution in [0.2, 0.25) is 0 Å². The normalized spacial score (nSPS) is 10.7. The molecular formula is C26H23N3O2S. The molecule has 4 rings (SSSR count). The van der Waals surface area contributed by atoms with E-state index in [1.54, 1.807) is 40.9 Å². The molecule has 0 saturated carbocycles. The van der Waals surface area contributed by atoms with Gasteiger partial charge in [-0.25, -0.2) is 4.98 Å². The zero-order valence-corrected chi connectivity index (χ0v) is 18.5. The number of hydrogen-bond donors (Lipinski definition) is 1. The van der Waals surface area contributed by atoms with Crippen molar-refractivity contribution in [3.05, 3.63) is 124 Å². The Morgan fingerprint density at radius 2 is 1.81 bits per heavy atom. The van der Waals surface area contributed by atoms with Crippen LogP contribution < -0.4 is 10.9 Å². The lowest BCUT2D eigenvalue weighted by Gasteiger charge is -2.10. The highest BCUT2D eigenvalue weighted by Gasteiger charge is 2.13. The lowest BCUT2D eigenvalue weighted by Crippen LogP contribution is -2.29. The van der Waals surface area contributed by atoms with Crippen molar-refractivity contribution in [3.8, 4) is 0 Å². The fourth-order valence-corrected chi connectivity index (χ4v) is 4.17. The number of benzene rings is 2. The summed E-state index contributed by atoms with van der Waals surface area (Å²) in [6.45, 7) is 2.43. The maximum absolute atomic E-state index is 12.9. The van der Waals surface area contributed by atoms with Gasteiger partial charge in [-0.1, -0.05) is 48.0 Å². The average molecular weight is 442 g/mol. The predicted octanol–water partition coefficient (Wildman–Crippen LogP) is 5.14. The van der Waals surface area contributed by atoms with Crippen LogP contribution in [0.4, 0.5) is 5.69 Å². The van der Waals surface area contributed by atoms with Gasteiger partial charge in [0.05, 0.1) is 11.6 Å². The highest BCUT2D eigenvalue weighted by molar-refractivity contribution is 7.98. The van der Waals surface area contributed by atoms with E-state index < -0.39 is 5.91 Å². The monoisotopic (exact) mass is 441 g/mol. The van der Waals surface area contributed by atoms with Gasteiger partial charge in [-0.15, -0.1) is 11.8 Å². The molecule has 0 saturated heterocycles. The topological polar surface area (TPSA) is 64.0 Å². The molecule has 4 aromatic rings. The summed E-state index contributed by atoms with van der Waals surface area (Å²) in [5.41, 5.74) is 3.67. The fourth-order valence-electron chi connectivity index (χ4n) is 3.37. The maximum Gasteiger partial charge on any atom is 0.263 e. The van der Waals surface area contributed by atoms with Crippen LogP contribution in [-0.2, 0) is 12.3 Å². The van der Waals surface area contributed by atoms with Gasteiger partial charge in [0.15, 0.2) is 0 Å². The number of nitrogens with one attached hydrogen (secondary N) is 1. The first-order chi connectivity index (χ1) is 15.6. The number of pyridine rings is 2. The fraction of sp³-hybridized carbons (Fsp3) is 0.115. The van der Waals surface area contributed by atoms with Gasteiger partial charge >= 0.3 is 0 Å². The lowest BCUT2D eigenvalue weighted by atomic mass is 10.1. The summed E-state index contributed by atoms with van der Waals surface area (Å²) < 4.78 is 1.56. The number of amides is 1. The molecule has 160 valence electrons. The minimum Gasteiger partial charge on any atom is -0.322 e. The van der Waals surface area contributed by atoms with Crippen molar-refractivity contribution in [1.29, 1.82) is 0 Å². The Labute approximate surface area is 191 Å². The Bertz CT molecular complexity index is 1290. The van der Waals surface area contributed by atoms with Crippen molar-refractivity contribution in [2.45, 2.75) is 24.2 Å². The van der Waals surface area contributed by atoms with Crippen molar-refractivity contribution in [2.24, 2.45) is 0 Å².